The van der Waals surface area contributed by atoms with E-state index in [1.807, 2.05) is 0 Å². The Kier molecular flexibility index (Phi) is 3.24. The highest BCUT2D eigenvalue weighted by molar-refractivity contribution is 7.18. The van der Waals surface area contributed by atoms with Crippen LogP contribution in [0.3, 0.4) is 0 Å². The third-order valence-corrected chi connectivity index (χ3v) is 2.84. The van der Waals surface area contributed by atoms with Crippen LogP contribution in [-0.2, 0) is 4.79 Å². The fourth-order valence-corrected chi connectivity index (χ4v) is 1.91. The molecule has 0 aromatic carbocycles. The van der Waals surface area contributed by atoms with Gasteiger partial charge in [-0.05, 0) is 18.6 Å². The van der Waals surface area contributed by atoms with Crippen LogP contribution in [0.2, 0.25) is 0 Å². The molecular weight excluding hydrogens is 202 g/mol. The summed E-state index contributed by atoms with van der Waals surface area (Å²) in [7, 11) is 0. The van der Waals surface area contributed by atoms with Crippen molar-refractivity contribution in [3.05, 3.63) is 16.5 Å². The number of hydrogen-bond acceptors (Lipinski definition) is 3. The molecule has 76 valence electrons. The Bertz CT molecular complexity index is 370. The van der Waals surface area contributed by atoms with Crippen LogP contribution in [0.4, 0.5) is 5.00 Å². The van der Waals surface area contributed by atoms with Gasteiger partial charge in [0, 0.05) is 6.42 Å². The van der Waals surface area contributed by atoms with Crippen molar-refractivity contribution in [2.75, 3.05) is 5.32 Å². The number of rotatable bonds is 3. The molecule has 4 nitrogen and oxygen atoms in total. The van der Waals surface area contributed by atoms with Gasteiger partial charge in [0.2, 0.25) is 5.91 Å². The van der Waals surface area contributed by atoms with E-state index in [2.05, 4.69) is 5.32 Å². The van der Waals surface area contributed by atoms with Crippen molar-refractivity contribution in [2.45, 2.75) is 20.3 Å². The van der Waals surface area contributed by atoms with E-state index in [1.54, 1.807) is 19.9 Å². The number of carbonyl (C=O) groups is 2. The maximum Gasteiger partial charge on any atom is 0.346 e. The van der Waals surface area contributed by atoms with Gasteiger partial charge in [-0.1, -0.05) is 6.92 Å². The lowest BCUT2D eigenvalue weighted by Crippen LogP contribution is -2.07. The molecular formula is C9H11NO3S. The minimum absolute atomic E-state index is 0.108. The average Bonchev–Trinajstić information content (AvgIpc) is 2.46. The quantitative estimate of drug-likeness (QED) is 0.808. The zero-order valence-corrected chi connectivity index (χ0v) is 8.77. The molecule has 0 spiro atoms. The third-order valence-electron chi connectivity index (χ3n) is 1.70. The Balaban J connectivity index is 2.86. The number of carboxylic acids is 1. The molecule has 0 saturated heterocycles. The molecule has 5 heteroatoms. The summed E-state index contributed by atoms with van der Waals surface area (Å²) in [5, 5.41) is 12.0. The van der Waals surface area contributed by atoms with Crippen LogP contribution in [-0.4, -0.2) is 17.0 Å². The van der Waals surface area contributed by atoms with Gasteiger partial charge in [0.25, 0.3) is 0 Å². The number of thiophene rings is 1. The minimum atomic E-state index is -0.954. The summed E-state index contributed by atoms with van der Waals surface area (Å²) in [4.78, 5) is 22.0. The summed E-state index contributed by atoms with van der Waals surface area (Å²) in [6.07, 6.45) is 0.388. The maximum atomic E-state index is 11.0. The fraction of sp³-hybridized carbons (Fsp3) is 0.333. The largest absolute Gasteiger partial charge is 0.477 e. The van der Waals surface area contributed by atoms with Crippen LogP contribution in [0.25, 0.3) is 0 Å². The number of carbonyl (C=O) groups excluding carboxylic acids is 1. The average molecular weight is 213 g/mol. The number of aryl methyl sites for hydroxylation is 1. The summed E-state index contributed by atoms with van der Waals surface area (Å²) in [6.45, 7) is 3.45. The van der Waals surface area contributed by atoms with Crippen molar-refractivity contribution in [2.24, 2.45) is 0 Å². The van der Waals surface area contributed by atoms with Gasteiger partial charge in [0.05, 0.1) is 5.00 Å². The smallest absolute Gasteiger partial charge is 0.346 e. The molecule has 0 aliphatic heterocycles. The standard InChI is InChI=1S/C9H11NO3S/c1-3-6(11)10-7-4-5(2)8(14-7)9(12)13/h4H,3H2,1-2H3,(H,10,11)(H,12,13). The molecule has 1 amide bonds. The number of amides is 1. The predicted octanol–water partition coefficient (Wildman–Crippen LogP) is 2.10. The van der Waals surface area contributed by atoms with Crippen LogP contribution in [0, 0.1) is 6.92 Å². The first-order valence-electron chi connectivity index (χ1n) is 4.18. The number of anilines is 1. The molecule has 0 radical (unpaired) electrons. The van der Waals surface area contributed by atoms with Gasteiger partial charge in [0.1, 0.15) is 4.88 Å². The predicted molar refractivity (Wildman–Crippen MR) is 54.9 cm³/mol. The van der Waals surface area contributed by atoms with Crippen molar-refractivity contribution >= 4 is 28.2 Å². The number of nitrogens with one attached hydrogen (secondary N) is 1. The van der Waals surface area contributed by atoms with E-state index in [1.165, 1.54) is 0 Å². The van der Waals surface area contributed by atoms with Gasteiger partial charge in [0.15, 0.2) is 0 Å². The molecule has 0 aliphatic carbocycles. The SMILES string of the molecule is CCC(=O)Nc1cc(C)c(C(=O)O)s1. The molecule has 14 heavy (non-hydrogen) atoms. The van der Waals surface area contributed by atoms with Crippen molar-refractivity contribution in [3.8, 4) is 0 Å². The topological polar surface area (TPSA) is 66.4 Å². The van der Waals surface area contributed by atoms with E-state index >= 15 is 0 Å². The van der Waals surface area contributed by atoms with E-state index in [4.69, 9.17) is 5.11 Å². The Labute approximate surface area is 85.6 Å². The van der Waals surface area contributed by atoms with Crippen molar-refractivity contribution < 1.29 is 14.7 Å². The maximum absolute atomic E-state index is 11.0. The van der Waals surface area contributed by atoms with Crippen molar-refractivity contribution in [1.29, 1.82) is 0 Å². The van der Waals surface area contributed by atoms with Crippen LogP contribution in [0.5, 0.6) is 0 Å². The van der Waals surface area contributed by atoms with E-state index in [0.29, 0.717) is 17.0 Å². The highest BCUT2D eigenvalue weighted by Gasteiger charge is 2.12. The van der Waals surface area contributed by atoms with Gasteiger partial charge in [-0.15, -0.1) is 11.3 Å². The van der Waals surface area contributed by atoms with Gasteiger partial charge in [-0.25, -0.2) is 4.79 Å². The van der Waals surface area contributed by atoms with E-state index in [9.17, 15) is 9.59 Å². The van der Waals surface area contributed by atoms with Crippen LogP contribution in [0.15, 0.2) is 6.07 Å². The second-order valence-electron chi connectivity index (χ2n) is 2.83. The molecule has 0 bridgehead atoms. The van der Waals surface area contributed by atoms with E-state index < -0.39 is 5.97 Å². The number of hydrogen-bond donors (Lipinski definition) is 2. The van der Waals surface area contributed by atoms with Crippen LogP contribution < -0.4 is 5.32 Å². The summed E-state index contributed by atoms with van der Waals surface area (Å²) in [5.41, 5.74) is 0.675. The summed E-state index contributed by atoms with van der Waals surface area (Å²) >= 11 is 1.08. The number of carboxylic acid groups (broad SMARTS) is 1. The Hall–Kier alpha value is -1.36. The Morgan fingerprint density at radius 1 is 1.57 bits per heavy atom. The Morgan fingerprint density at radius 2 is 2.21 bits per heavy atom. The van der Waals surface area contributed by atoms with E-state index in [-0.39, 0.29) is 10.8 Å². The van der Waals surface area contributed by atoms with E-state index in [0.717, 1.165) is 11.3 Å². The molecule has 1 rings (SSSR count). The first-order chi connectivity index (χ1) is 6.54. The van der Waals surface area contributed by atoms with Crippen LogP contribution in [0.1, 0.15) is 28.6 Å². The monoisotopic (exact) mass is 213 g/mol. The van der Waals surface area contributed by atoms with Gasteiger partial charge in [-0.3, -0.25) is 4.79 Å². The highest BCUT2D eigenvalue weighted by Crippen LogP contribution is 2.26. The summed E-state index contributed by atoms with van der Waals surface area (Å²) in [5.74, 6) is -1.06. The van der Waals surface area contributed by atoms with Crippen molar-refractivity contribution in [1.82, 2.24) is 0 Å². The Morgan fingerprint density at radius 3 is 2.64 bits per heavy atom. The number of aromatic carboxylic acids is 1. The molecule has 1 aromatic heterocycles. The lowest BCUT2D eigenvalue weighted by molar-refractivity contribution is -0.115. The molecule has 0 fully saturated rings. The lowest BCUT2D eigenvalue weighted by atomic mass is 10.3. The summed E-state index contributed by atoms with van der Waals surface area (Å²) < 4.78 is 0. The minimum Gasteiger partial charge on any atom is -0.477 e. The first-order valence-corrected chi connectivity index (χ1v) is 4.99. The zero-order valence-electron chi connectivity index (χ0n) is 7.96. The molecule has 0 unspecified atom stereocenters. The van der Waals surface area contributed by atoms with Gasteiger partial charge >= 0.3 is 5.97 Å². The van der Waals surface area contributed by atoms with Crippen molar-refractivity contribution in [3.63, 3.8) is 0 Å². The van der Waals surface area contributed by atoms with Gasteiger partial charge in [-0.2, -0.15) is 0 Å². The first kappa shape index (κ1) is 10.7. The summed E-state index contributed by atoms with van der Waals surface area (Å²) in [6, 6.07) is 1.67. The molecule has 2 N–H and O–H groups in total. The lowest BCUT2D eigenvalue weighted by Gasteiger charge is -1.96. The highest BCUT2D eigenvalue weighted by atomic mass is 32.1. The second-order valence-corrected chi connectivity index (χ2v) is 3.88. The zero-order chi connectivity index (χ0) is 10.7. The molecule has 0 atom stereocenters. The fourth-order valence-electron chi connectivity index (χ4n) is 0.982. The molecule has 0 saturated carbocycles. The molecule has 1 aromatic rings. The molecule has 0 aliphatic rings. The normalized spacial score (nSPS) is 9.86. The van der Waals surface area contributed by atoms with Crippen LogP contribution >= 0.6 is 11.3 Å². The second kappa shape index (κ2) is 4.23. The molecule has 1 heterocycles. The van der Waals surface area contributed by atoms with Gasteiger partial charge < -0.3 is 10.4 Å². The third kappa shape index (κ3) is 2.32.